The molecule has 2 aromatic heterocycles. The number of nitrogens with zero attached hydrogens (tertiary/aromatic N) is 4. The maximum atomic E-state index is 14.3. The number of carboxylic acids is 1. The van der Waals surface area contributed by atoms with Gasteiger partial charge in [0.05, 0.1) is 23.5 Å². The summed E-state index contributed by atoms with van der Waals surface area (Å²) in [6.07, 6.45) is 0.374. The van der Waals surface area contributed by atoms with Gasteiger partial charge in [0.15, 0.2) is 0 Å². The van der Waals surface area contributed by atoms with E-state index in [0.717, 1.165) is 43.8 Å². The first kappa shape index (κ1) is 49.3. The van der Waals surface area contributed by atoms with Crippen LogP contribution in [0.2, 0.25) is 10.3 Å². The van der Waals surface area contributed by atoms with E-state index in [0.29, 0.717) is 28.7 Å². The Bertz CT molecular complexity index is 1880. The maximum absolute atomic E-state index is 14.3. The molecule has 0 radical (unpaired) electrons. The van der Waals surface area contributed by atoms with E-state index in [1.54, 1.807) is 54.5 Å². The molecule has 2 aliphatic carbocycles. The highest BCUT2D eigenvalue weighted by atomic mass is 127. The van der Waals surface area contributed by atoms with Crippen LogP contribution in [0, 0.1) is 7.14 Å². The minimum atomic E-state index is -1.33. The lowest BCUT2D eigenvalue weighted by Crippen LogP contribution is -2.50. The fraction of sp³-hybridized carbons (Fsp3) is 0.650. The highest BCUT2D eigenvalue weighted by Crippen LogP contribution is 2.43. The average Bonchev–Trinajstić information content (AvgIpc) is 4.06. The number of hydrogen-bond acceptors (Lipinski definition) is 9. The second kappa shape index (κ2) is 20.2. The summed E-state index contributed by atoms with van der Waals surface area (Å²) in [6, 6.07) is 0.0389. The molecule has 3 amide bonds. The number of ether oxygens (including phenoxy) is 2. The van der Waals surface area contributed by atoms with Crippen LogP contribution in [0.25, 0.3) is 0 Å². The number of nitrogens with one attached hydrogen (secondary N) is 1. The number of carboxylic acid groups (broad SMARTS) is 1. The molecule has 2 saturated carbocycles. The van der Waals surface area contributed by atoms with Gasteiger partial charge in [0.2, 0.25) is 5.91 Å². The molecule has 0 aromatic carbocycles. The number of hydrogen-bond donors (Lipinski definition) is 3. The first-order chi connectivity index (χ1) is 27.3. The van der Waals surface area contributed by atoms with Crippen LogP contribution in [0.1, 0.15) is 128 Å². The van der Waals surface area contributed by atoms with Crippen LogP contribution >= 0.6 is 68.4 Å². The molecule has 4 N–H and O–H groups in total. The Labute approximate surface area is 381 Å². The molecule has 0 spiro atoms. The smallest absolute Gasteiger partial charge is 0.411 e. The van der Waals surface area contributed by atoms with E-state index in [1.165, 1.54) is 28.2 Å². The molecule has 6 rings (SSSR count). The Kier molecular flexibility index (Phi) is 16.9. The molecule has 59 heavy (non-hydrogen) atoms. The molecule has 328 valence electrons. The number of carbonyl (C=O) groups excluding carboxylic acids is 3. The minimum Gasteiger partial charge on any atom is -0.480 e. The Morgan fingerprint density at radius 2 is 1.19 bits per heavy atom. The zero-order valence-corrected chi connectivity index (χ0v) is 40.3. The number of rotatable bonds is 7. The molecule has 13 nitrogen and oxygen atoms in total. The van der Waals surface area contributed by atoms with Crippen molar-refractivity contribution in [3.05, 3.63) is 52.1 Å². The van der Waals surface area contributed by atoms with Gasteiger partial charge in [-0.25, -0.2) is 33.1 Å². The molecular weight excluding hydrogens is 1040 g/mol. The molecule has 2 aromatic rings. The Balaban J connectivity index is 0.000000216. The summed E-state index contributed by atoms with van der Waals surface area (Å²) in [5.74, 6) is -0.543. The van der Waals surface area contributed by atoms with Crippen molar-refractivity contribution in [3.8, 4) is 0 Å². The molecular formula is C40H54Cl2F2I2N6O7. The normalized spacial score (nSPS) is 24.1. The van der Waals surface area contributed by atoms with Crippen LogP contribution < -0.4 is 11.1 Å². The fourth-order valence-corrected chi connectivity index (χ4v) is 8.89. The van der Waals surface area contributed by atoms with Gasteiger partial charge in [-0.3, -0.25) is 14.6 Å². The first-order valence-corrected chi connectivity index (χ1v) is 22.5. The average molecular weight is 1090 g/mol. The highest BCUT2D eigenvalue weighted by molar-refractivity contribution is 14.1. The van der Waals surface area contributed by atoms with Crippen molar-refractivity contribution in [2.24, 2.45) is 5.73 Å². The summed E-state index contributed by atoms with van der Waals surface area (Å²) in [7, 11) is 0. The van der Waals surface area contributed by atoms with E-state index >= 15 is 0 Å². The van der Waals surface area contributed by atoms with Crippen LogP contribution in [0.15, 0.2) is 12.1 Å². The van der Waals surface area contributed by atoms with Crippen molar-refractivity contribution in [1.29, 1.82) is 0 Å². The van der Waals surface area contributed by atoms with Crippen LogP contribution in [0.5, 0.6) is 0 Å². The third kappa shape index (κ3) is 13.6. The number of pyridine rings is 2. The van der Waals surface area contributed by atoms with Crippen LogP contribution in [0.3, 0.4) is 0 Å². The topological polar surface area (TPSA) is 177 Å². The maximum Gasteiger partial charge on any atom is 0.411 e. The second-order valence-corrected chi connectivity index (χ2v) is 20.1. The van der Waals surface area contributed by atoms with Gasteiger partial charge in [-0.2, -0.15) is 0 Å². The lowest BCUT2D eigenvalue weighted by Gasteiger charge is -2.30. The summed E-state index contributed by atoms with van der Waals surface area (Å²) < 4.78 is 40.4. The van der Waals surface area contributed by atoms with Gasteiger partial charge in [0, 0.05) is 44.9 Å². The molecule has 4 aliphatic rings. The molecule has 0 bridgehead atoms. The summed E-state index contributed by atoms with van der Waals surface area (Å²) in [4.78, 5) is 59.1. The highest BCUT2D eigenvalue weighted by Gasteiger charge is 2.48. The zero-order chi connectivity index (χ0) is 44.3. The number of nitrogens with two attached hydrogens (primary N) is 1. The van der Waals surface area contributed by atoms with E-state index < -0.39 is 71.8 Å². The Morgan fingerprint density at radius 1 is 0.797 bits per heavy atom. The largest absolute Gasteiger partial charge is 0.480 e. The second-order valence-electron chi connectivity index (χ2n) is 17.2. The van der Waals surface area contributed by atoms with Crippen molar-refractivity contribution >= 4 is 92.4 Å². The van der Waals surface area contributed by atoms with Crippen LogP contribution in [0.4, 0.5) is 18.4 Å². The summed E-state index contributed by atoms with van der Waals surface area (Å²) >= 11 is 16.6. The van der Waals surface area contributed by atoms with E-state index in [2.05, 4.69) is 60.5 Å². The van der Waals surface area contributed by atoms with Crippen molar-refractivity contribution in [2.45, 2.75) is 167 Å². The predicted octanol–water partition coefficient (Wildman–Crippen LogP) is 9.05. The molecule has 2 aliphatic heterocycles. The van der Waals surface area contributed by atoms with E-state index in [-0.39, 0.29) is 19.4 Å². The molecule has 19 heteroatoms. The van der Waals surface area contributed by atoms with E-state index in [9.17, 15) is 28.0 Å². The number of carbonyl (C=O) groups is 4. The number of aliphatic carboxylic acids is 1. The van der Waals surface area contributed by atoms with Crippen molar-refractivity contribution in [1.82, 2.24) is 25.1 Å². The zero-order valence-electron chi connectivity index (χ0n) is 34.5. The molecule has 6 atom stereocenters. The van der Waals surface area contributed by atoms with Gasteiger partial charge >= 0.3 is 18.2 Å². The lowest BCUT2D eigenvalue weighted by atomic mass is 10.1. The number of alkyl halides is 2. The summed E-state index contributed by atoms with van der Waals surface area (Å²) in [5, 5.41) is 12.8. The predicted molar refractivity (Wildman–Crippen MR) is 237 cm³/mol. The number of likely N-dealkylation sites (tertiary alicyclic amines) is 2. The molecule has 0 unspecified atom stereocenters. The lowest BCUT2D eigenvalue weighted by molar-refractivity contribution is -0.142. The Morgan fingerprint density at radius 3 is 1.58 bits per heavy atom. The van der Waals surface area contributed by atoms with Gasteiger partial charge < -0.3 is 25.6 Å². The van der Waals surface area contributed by atoms with Gasteiger partial charge in [0.25, 0.3) is 0 Å². The SMILES string of the molecule is C[C@H]1[C@H](F)C[C@@H](C(=O)NCc2cc(Cl)nc(C3CC3)c2I)N1C(=O)OC(C)(C)C.C[C@H]1[C@H](F)C[C@@H](C(=O)O)N1C(=O)OC(C)(C)C.NCc1cc(Cl)nc(C2CC2)c1I. The number of amides is 3. The van der Waals surface area contributed by atoms with Crippen molar-refractivity contribution < 1.29 is 42.5 Å². The summed E-state index contributed by atoms with van der Waals surface area (Å²) in [5.41, 5.74) is 8.26. The van der Waals surface area contributed by atoms with Gasteiger partial charge in [-0.15, -0.1) is 0 Å². The third-order valence-electron chi connectivity index (χ3n) is 9.95. The van der Waals surface area contributed by atoms with E-state index in [4.69, 9.17) is 43.5 Å². The standard InChI is InChI=1S/C20H26ClFIN3O3.C11H18FNO4.C9H10ClIN2/c1-10-13(22)8-14(26(10)19(28)29-20(2,3)4)18(27)24-9-12-7-15(21)25-17(16(12)23)11-5-6-11;1-6-7(12)5-8(9(14)15)13(6)10(16)17-11(2,3)4;10-7-3-6(4-12)8(11)9(13-7)5-1-2-5/h7,10-11,13-14H,5-6,8-9H2,1-4H3,(H,24,27);6-8H,5H2,1-4H3,(H,14,15);3,5H,1-2,4,12H2/t10-,13+,14-;6-,7+,8-;/m00./s1. The number of aromatic nitrogens is 2. The number of halogens is 6. The minimum absolute atomic E-state index is 0.0479. The van der Waals surface area contributed by atoms with Crippen LogP contribution in [-0.2, 0) is 32.2 Å². The van der Waals surface area contributed by atoms with Gasteiger partial charge in [-0.1, -0.05) is 23.2 Å². The quantitative estimate of drug-likeness (QED) is 0.179. The van der Waals surface area contributed by atoms with Crippen molar-refractivity contribution in [3.63, 3.8) is 0 Å². The molecule has 4 fully saturated rings. The van der Waals surface area contributed by atoms with Crippen LogP contribution in [-0.4, -0.2) is 96.7 Å². The molecule has 2 saturated heterocycles. The van der Waals surface area contributed by atoms with E-state index in [1.807, 2.05) is 6.07 Å². The van der Waals surface area contributed by atoms with Gasteiger partial charge in [0.1, 0.15) is 45.9 Å². The summed E-state index contributed by atoms with van der Waals surface area (Å²) in [6.45, 7) is 14.1. The fourth-order valence-electron chi connectivity index (χ4n) is 6.60. The Hall–Kier alpha value is -2.36. The van der Waals surface area contributed by atoms with Crippen molar-refractivity contribution in [2.75, 3.05) is 0 Å². The third-order valence-corrected chi connectivity index (χ3v) is 12.8. The first-order valence-electron chi connectivity index (χ1n) is 19.5. The monoisotopic (exact) mass is 1090 g/mol. The van der Waals surface area contributed by atoms with Gasteiger partial charge in [-0.05, 0) is 150 Å². The molecule has 4 heterocycles.